The van der Waals surface area contributed by atoms with Crippen molar-refractivity contribution in [1.82, 2.24) is 0 Å². The van der Waals surface area contributed by atoms with E-state index in [-0.39, 0.29) is 12.2 Å². The number of rotatable bonds is 14. The Hall–Kier alpha value is -0.340. The average Bonchev–Trinajstić information content (AvgIpc) is 2.41. The Kier molecular flexibility index (Phi) is 14.8. The SMILES string of the molecule is CCCCCCCCC=CCC(O)CCCCC(C)O. The predicted octanol–water partition coefficient (Wildman–Crippen LogP) is 4.99. The Bertz CT molecular complexity index is 211. The Morgan fingerprint density at radius 1 is 0.800 bits per heavy atom. The van der Waals surface area contributed by atoms with E-state index in [1.165, 1.54) is 38.5 Å². The topological polar surface area (TPSA) is 40.5 Å². The van der Waals surface area contributed by atoms with Gasteiger partial charge in [0.15, 0.2) is 0 Å². The summed E-state index contributed by atoms with van der Waals surface area (Å²) in [5, 5.41) is 18.9. The van der Waals surface area contributed by atoms with E-state index >= 15 is 0 Å². The first-order valence-electron chi connectivity index (χ1n) is 8.68. The van der Waals surface area contributed by atoms with E-state index in [1.54, 1.807) is 0 Å². The maximum atomic E-state index is 9.80. The highest BCUT2D eigenvalue weighted by molar-refractivity contribution is 4.84. The number of aliphatic hydroxyl groups is 2. The van der Waals surface area contributed by atoms with E-state index in [0.717, 1.165) is 38.5 Å². The number of hydrogen-bond acceptors (Lipinski definition) is 2. The van der Waals surface area contributed by atoms with Gasteiger partial charge >= 0.3 is 0 Å². The molecule has 2 N–H and O–H groups in total. The minimum Gasteiger partial charge on any atom is -0.393 e. The van der Waals surface area contributed by atoms with Crippen LogP contribution in [0.1, 0.15) is 90.9 Å². The van der Waals surface area contributed by atoms with Gasteiger partial charge in [-0.25, -0.2) is 0 Å². The largest absolute Gasteiger partial charge is 0.393 e. The van der Waals surface area contributed by atoms with Crippen LogP contribution < -0.4 is 0 Å². The van der Waals surface area contributed by atoms with Gasteiger partial charge in [-0.3, -0.25) is 0 Å². The molecular weight excluding hydrogens is 248 g/mol. The van der Waals surface area contributed by atoms with Gasteiger partial charge in [0, 0.05) is 0 Å². The van der Waals surface area contributed by atoms with E-state index in [1.807, 2.05) is 6.92 Å². The van der Waals surface area contributed by atoms with E-state index in [9.17, 15) is 5.11 Å². The molecule has 0 saturated carbocycles. The molecule has 0 aliphatic heterocycles. The third-order valence-electron chi connectivity index (χ3n) is 3.71. The second-order valence-corrected chi connectivity index (χ2v) is 6.05. The molecule has 0 rings (SSSR count). The van der Waals surface area contributed by atoms with Crippen molar-refractivity contribution in [3.05, 3.63) is 12.2 Å². The monoisotopic (exact) mass is 284 g/mol. The lowest BCUT2D eigenvalue weighted by Gasteiger charge is -2.08. The van der Waals surface area contributed by atoms with Crippen molar-refractivity contribution in [2.24, 2.45) is 0 Å². The van der Waals surface area contributed by atoms with Crippen molar-refractivity contribution in [2.45, 2.75) is 103 Å². The number of unbranched alkanes of at least 4 members (excludes halogenated alkanes) is 7. The minimum atomic E-state index is -0.204. The zero-order valence-corrected chi connectivity index (χ0v) is 13.7. The van der Waals surface area contributed by atoms with Crippen LogP contribution in [0.2, 0.25) is 0 Å². The van der Waals surface area contributed by atoms with E-state index in [4.69, 9.17) is 5.11 Å². The van der Waals surface area contributed by atoms with Gasteiger partial charge in [0.05, 0.1) is 12.2 Å². The number of hydrogen-bond donors (Lipinski definition) is 2. The Balaban J connectivity index is 3.27. The minimum absolute atomic E-state index is 0.204. The van der Waals surface area contributed by atoms with E-state index in [0.29, 0.717) is 0 Å². The van der Waals surface area contributed by atoms with Crippen molar-refractivity contribution in [3.63, 3.8) is 0 Å². The summed E-state index contributed by atoms with van der Waals surface area (Å²) >= 11 is 0. The molecule has 2 heteroatoms. The van der Waals surface area contributed by atoms with Gasteiger partial charge in [-0.15, -0.1) is 0 Å². The lowest BCUT2D eigenvalue weighted by atomic mass is 10.1. The summed E-state index contributed by atoms with van der Waals surface area (Å²) in [6, 6.07) is 0. The van der Waals surface area contributed by atoms with Crippen LogP contribution in [0, 0.1) is 0 Å². The van der Waals surface area contributed by atoms with Gasteiger partial charge in [0.1, 0.15) is 0 Å². The first kappa shape index (κ1) is 19.7. The molecule has 0 aromatic carbocycles. The molecule has 2 unspecified atom stereocenters. The highest BCUT2D eigenvalue weighted by atomic mass is 16.3. The summed E-state index contributed by atoms with van der Waals surface area (Å²) in [7, 11) is 0. The van der Waals surface area contributed by atoms with Crippen LogP contribution in [0.4, 0.5) is 0 Å². The summed E-state index contributed by atoms with van der Waals surface area (Å²) in [5.41, 5.74) is 0. The van der Waals surface area contributed by atoms with E-state index in [2.05, 4.69) is 19.1 Å². The van der Waals surface area contributed by atoms with Gasteiger partial charge in [0.2, 0.25) is 0 Å². The van der Waals surface area contributed by atoms with Gasteiger partial charge in [-0.1, -0.05) is 64.0 Å². The fraction of sp³-hybridized carbons (Fsp3) is 0.889. The lowest BCUT2D eigenvalue weighted by molar-refractivity contribution is 0.153. The highest BCUT2D eigenvalue weighted by Gasteiger charge is 2.02. The molecule has 0 radical (unpaired) electrons. The third kappa shape index (κ3) is 15.7. The van der Waals surface area contributed by atoms with Gasteiger partial charge < -0.3 is 10.2 Å². The van der Waals surface area contributed by atoms with Crippen molar-refractivity contribution in [1.29, 1.82) is 0 Å². The average molecular weight is 284 g/mol. The fourth-order valence-corrected chi connectivity index (χ4v) is 2.35. The molecule has 120 valence electrons. The van der Waals surface area contributed by atoms with Crippen molar-refractivity contribution in [2.75, 3.05) is 0 Å². The van der Waals surface area contributed by atoms with Crippen LogP contribution >= 0.6 is 0 Å². The van der Waals surface area contributed by atoms with Crippen LogP contribution in [0.25, 0.3) is 0 Å². The molecule has 20 heavy (non-hydrogen) atoms. The molecular formula is C18H36O2. The number of allylic oxidation sites excluding steroid dienone is 1. The van der Waals surface area contributed by atoms with Crippen molar-refractivity contribution in [3.8, 4) is 0 Å². The summed E-state index contributed by atoms with van der Waals surface area (Å²) in [6.45, 7) is 4.07. The molecule has 0 aliphatic rings. The van der Waals surface area contributed by atoms with Crippen LogP contribution in [0.3, 0.4) is 0 Å². The Labute approximate surface area is 126 Å². The molecule has 0 aromatic rings. The molecule has 0 heterocycles. The Morgan fingerprint density at radius 2 is 1.45 bits per heavy atom. The smallest absolute Gasteiger partial charge is 0.0574 e. The van der Waals surface area contributed by atoms with Crippen LogP contribution in [0.15, 0.2) is 12.2 Å². The molecule has 2 nitrogen and oxygen atoms in total. The normalized spacial score (nSPS) is 14.8. The Morgan fingerprint density at radius 3 is 2.15 bits per heavy atom. The standard InChI is InChI=1S/C18H36O2/c1-3-4-5-6-7-8-9-10-11-15-18(20)16-13-12-14-17(2)19/h10-11,17-20H,3-9,12-16H2,1-2H3. The zero-order chi connectivity index (χ0) is 15.1. The summed E-state index contributed by atoms with van der Waals surface area (Å²) < 4.78 is 0. The molecule has 0 spiro atoms. The highest BCUT2D eigenvalue weighted by Crippen LogP contribution is 2.10. The second-order valence-electron chi connectivity index (χ2n) is 6.05. The molecule has 0 bridgehead atoms. The van der Waals surface area contributed by atoms with Crippen LogP contribution in [0.5, 0.6) is 0 Å². The third-order valence-corrected chi connectivity index (χ3v) is 3.71. The van der Waals surface area contributed by atoms with Crippen molar-refractivity contribution < 1.29 is 10.2 Å². The number of aliphatic hydroxyl groups excluding tert-OH is 2. The van der Waals surface area contributed by atoms with Gasteiger partial charge in [-0.05, 0) is 39.0 Å². The maximum Gasteiger partial charge on any atom is 0.0574 e. The second kappa shape index (κ2) is 15.1. The first-order valence-corrected chi connectivity index (χ1v) is 8.68. The summed E-state index contributed by atoms with van der Waals surface area (Å²) in [4.78, 5) is 0. The quantitative estimate of drug-likeness (QED) is 0.348. The lowest BCUT2D eigenvalue weighted by Crippen LogP contribution is -2.05. The van der Waals surface area contributed by atoms with E-state index < -0.39 is 0 Å². The fourth-order valence-electron chi connectivity index (χ4n) is 2.35. The maximum absolute atomic E-state index is 9.80. The molecule has 0 saturated heterocycles. The summed E-state index contributed by atoms with van der Waals surface area (Å²) in [5.74, 6) is 0. The molecule has 0 amide bonds. The molecule has 2 atom stereocenters. The van der Waals surface area contributed by atoms with Crippen LogP contribution in [-0.2, 0) is 0 Å². The molecule has 0 aliphatic carbocycles. The molecule has 0 aromatic heterocycles. The van der Waals surface area contributed by atoms with Crippen molar-refractivity contribution >= 4 is 0 Å². The zero-order valence-electron chi connectivity index (χ0n) is 13.7. The summed E-state index contributed by atoms with van der Waals surface area (Å²) in [6.07, 6.45) is 17.7. The van der Waals surface area contributed by atoms with Gasteiger partial charge in [0.25, 0.3) is 0 Å². The first-order chi connectivity index (χ1) is 9.66. The van der Waals surface area contributed by atoms with Crippen LogP contribution in [-0.4, -0.2) is 22.4 Å². The molecule has 0 fully saturated rings. The predicted molar refractivity (Wildman–Crippen MR) is 87.9 cm³/mol. The van der Waals surface area contributed by atoms with Gasteiger partial charge in [-0.2, -0.15) is 0 Å².